The van der Waals surface area contributed by atoms with Crippen molar-refractivity contribution in [3.05, 3.63) is 35.6 Å². The molecule has 1 aliphatic heterocycles. The molecular formula is C15H20FN3. The molecule has 1 heterocycles. The molecule has 1 aromatic rings. The van der Waals surface area contributed by atoms with Gasteiger partial charge in [-0.15, -0.1) is 0 Å². The monoisotopic (exact) mass is 261 g/mol. The average Bonchev–Trinajstić information content (AvgIpc) is 2.45. The van der Waals surface area contributed by atoms with Gasteiger partial charge in [-0.05, 0) is 13.0 Å². The molecule has 1 unspecified atom stereocenters. The number of hydrogen-bond acceptors (Lipinski definition) is 3. The van der Waals surface area contributed by atoms with Crippen LogP contribution in [0.4, 0.5) is 4.39 Å². The summed E-state index contributed by atoms with van der Waals surface area (Å²) in [5, 5.41) is 8.59. The number of nitriles is 1. The van der Waals surface area contributed by atoms with Crippen LogP contribution >= 0.6 is 0 Å². The lowest BCUT2D eigenvalue weighted by Gasteiger charge is -2.38. The van der Waals surface area contributed by atoms with E-state index in [0.29, 0.717) is 6.42 Å². The second-order valence-electron chi connectivity index (χ2n) is 4.98. The number of halogens is 1. The van der Waals surface area contributed by atoms with E-state index in [0.717, 1.165) is 38.3 Å². The van der Waals surface area contributed by atoms with Crippen molar-refractivity contribution in [2.24, 2.45) is 0 Å². The Bertz CT molecular complexity index is 447. The highest BCUT2D eigenvalue weighted by molar-refractivity contribution is 5.20. The molecule has 0 amide bonds. The topological polar surface area (TPSA) is 30.3 Å². The van der Waals surface area contributed by atoms with Gasteiger partial charge < -0.3 is 0 Å². The van der Waals surface area contributed by atoms with Gasteiger partial charge in [-0.2, -0.15) is 5.26 Å². The molecule has 1 atom stereocenters. The molecule has 0 aliphatic carbocycles. The highest BCUT2D eigenvalue weighted by Crippen LogP contribution is 2.23. The minimum absolute atomic E-state index is 0.110. The molecule has 0 spiro atoms. The third-order valence-corrected chi connectivity index (χ3v) is 3.85. The first kappa shape index (κ1) is 14.0. The molecule has 0 bridgehead atoms. The Kier molecular flexibility index (Phi) is 4.89. The third kappa shape index (κ3) is 3.52. The van der Waals surface area contributed by atoms with Gasteiger partial charge in [-0.1, -0.05) is 18.2 Å². The highest BCUT2D eigenvalue weighted by atomic mass is 19.1. The molecule has 102 valence electrons. The molecular weight excluding hydrogens is 241 g/mol. The van der Waals surface area contributed by atoms with E-state index >= 15 is 0 Å². The lowest BCUT2D eigenvalue weighted by atomic mass is 10.1. The molecule has 1 aliphatic rings. The summed E-state index contributed by atoms with van der Waals surface area (Å²) >= 11 is 0. The second-order valence-corrected chi connectivity index (χ2v) is 4.98. The highest BCUT2D eigenvalue weighted by Gasteiger charge is 2.23. The molecule has 1 aromatic carbocycles. The van der Waals surface area contributed by atoms with Crippen LogP contribution in [-0.2, 0) is 0 Å². The van der Waals surface area contributed by atoms with Crippen molar-refractivity contribution in [1.82, 2.24) is 9.80 Å². The molecule has 0 aromatic heterocycles. The summed E-state index contributed by atoms with van der Waals surface area (Å²) in [7, 11) is 0. The Labute approximate surface area is 114 Å². The Balaban J connectivity index is 1.91. The van der Waals surface area contributed by atoms with Crippen LogP contribution in [0.25, 0.3) is 0 Å². The largest absolute Gasteiger partial charge is 0.300 e. The Morgan fingerprint density at radius 2 is 1.95 bits per heavy atom. The van der Waals surface area contributed by atoms with E-state index < -0.39 is 0 Å². The second kappa shape index (κ2) is 6.65. The quantitative estimate of drug-likeness (QED) is 0.834. The van der Waals surface area contributed by atoms with Crippen molar-refractivity contribution in [3.8, 4) is 6.07 Å². The maximum atomic E-state index is 13.8. The Morgan fingerprint density at radius 1 is 1.26 bits per heavy atom. The van der Waals surface area contributed by atoms with Gasteiger partial charge in [-0.3, -0.25) is 9.80 Å². The van der Waals surface area contributed by atoms with Crippen molar-refractivity contribution in [2.75, 3.05) is 32.7 Å². The number of rotatable bonds is 4. The maximum absolute atomic E-state index is 13.8. The minimum Gasteiger partial charge on any atom is -0.300 e. The number of piperazine rings is 1. The van der Waals surface area contributed by atoms with Gasteiger partial charge >= 0.3 is 0 Å². The van der Waals surface area contributed by atoms with Crippen LogP contribution < -0.4 is 0 Å². The van der Waals surface area contributed by atoms with Crippen molar-refractivity contribution < 1.29 is 4.39 Å². The van der Waals surface area contributed by atoms with Crippen LogP contribution in [0.15, 0.2) is 24.3 Å². The zero-order valence-electron chi connectivity index (χ0n) is 11.3. The summed E-state index contributed by atoms with van der Waals surface area (Å²) in [5.41, 5.74) is 0.771. The summed E-state index contributed by atoms with van der Waals surface area (Å²) in [5.74, 6) is -0.123. The van der Waals surface area contributed by atoms with Crippen LogP contribution in [0.5, 0.6) is 0 Å². The predicted octanol–water partition coefficient (Wildman–Crippen LogP) is 2.42. The first-order valence-electron chi connectivity index (χ1n) is 6.80. The van der Waals surface area contributed by atoms with Crippen LogP contribution in [-0.4, -0.2) is 42.5 Å². The van der Waals surface area contributed by atoms with Crippen LogP contribution in [0.3, 0.4) is 0 Å². The van der Waals surface area contributed by atoms with Crippen molar-refractivity contribution in [3.63, 3.8) is 0 Å². The number of nitrogens with zero attached hydrogens (tertiary/aromatic N) is 3. The van der Waals surface area contributed by atoms with Gasteiger partial charge in [0, 0.05) is 50.7 Å². The Hall–Kier alpha value is -1.44. The van der Waals surface area contributed by atoms with Gasteiger partial charge in [0.25, 0.3) is 0 Å². The minimum atomic E-state index is -0.123. The summed E-state index contributed by atoms with van der Waals surface area (Å²) in [6.45, 7) is 6.69. The van der Waals surface area contributed by atoms with E-state index in [4.69, 9.17) is 5.26 Å². The summed E-state index contributed by atoms with van der Waals surface area (Å²) < 4.78 is 13.8. The summed E-state index contributed by atoms with van der Waals surface area (Å²) in [4.78, 5) is 4.61. The first-order valence-corrected chi connectivity index (χ1v) is 6.80. The number of benzene rings is 1. The van der Waals surface area contributed by atoms with Crippen LogP contribution in [0.1, 0.15) is 24.9 Å². The number of hydrogen-bond donors (Lipinski definition) is 0. The fraction of sp³-hybridized carbons (Fsp3) is 0.533. The van der Waals surface area contributed by atoms with Gasteiger partial charge in [0.15, 0.2) is 0 Å². The smallest absolute Gasteiger partial charge is 0.127 e. The van der Waals surface area contributed by atoms with E-state index in [1.165, 1.54) is 6.07 Å². The normalized spacial score (nSPS) is 19.0. The lowest BCUT2D eigenvalue weighted by molar-refractivity contribution is 0.102. The van der Waals surface area contributed by atoms with E-state index in [1.54, 1.807) is 6.07 Å². The first-order chi connectivity index (χ1) is 9.22. The molecule has 4 heteroatoms. The standard InChI is InChI=1S/C15H20FN3/c1-13(14-5-2-3-6-15(14)16)19-11-9-18(10-12-19)8-4-7-17/h2-3,5-6,13H,4,8-12H2,1H3. The van der Waals surface area contributed by atoms with E-state index in [2.05, 4.69) is 22.8 Å². The molecule has 0 saturated carbocycles. The molecule has 3 nitrogen and oxygen atoms in total. The van der Waals surface area contributed by atoms with Crippen molar-refractivity contribution in [2.45, 2.75) is 19.4 Å². The summed E-state index contributed by atoms with van der Waals surface area (Å²) in [6.07, 6.45) is 0.586. The van der Waals surface area contributed by atoms with Gasteiger partial charge in [0.2, 0.25) is 0 Å². The molecule has 19 heavy (non-hydrogen) atoms. The molecule has 1 saturated heterocycles. The average molecular weight is 261 g/mol. The predicted molar refractivity (Wildman–Crippen MR) is 73.1 cm³/mol. The zero-order valence-corrected chi connectivity index (χ0v) is 11.3. The lowest BCUT2D eigenvalue weighted by Crippen LogP contribution is -2.47. The fourth-order valence-electron chi connectivity index (χ4n) is 2.59. The van der Waals surface area contributed by atoms with Crippen LogP contribution in [0, 0.1) is 17.1 Å². The van der Waals surface area contributed by atoms with E-state index in [-0.39, 0.29) is 11.9 Å². The van der Waals surface area contributed by atoms with Gasteiger partial charge in [0.1, 0.15) is 5.82 Å². The van der Waals surface area contributed by atoms with Crippen molar-refractivity contribution in [1.29, 1.82) is 5.26 Å². The van der Waals surface area contributed by atoms with Gasteiger partial charge in [-0.25, -0.2) is 4.39 Å². The Morgan fingerprint density at radius 3 is 2.58 bits per heavy atom. The zero-order chi connectivity index (χ0) is 13.7. The maximum Gasteiger partial charge on any atom is 0.127 e. The molecule has 0 N–H and O–H groups in total. The van der Waals surface area contributed by atoms with Gasteiger partial charge in [0.05, 0.1) is 6.07 Å². The molecule has 0 radical (unpaired) electrons. The van der Waals surface area contributed by atoms with E-state index in [1.807, 2.05) is 12.1 Å². The SMILES string of the molecule is CC(c1ccccc1F)N1CCN(CCC#N)CC1. The van der Waals surface area contributed by atoms with Crippen LogP contribution in [0.2, 0.25) is 0 Å². The molecule has 1 fully saturated rings. The van der Waals surface area contributed by atoms with E-state index in [9.17, 15) is 4.39 Å². The fourth-order valence-corrected chi connectivity index (χ4v) is 2.59. The van der Waals surface area contributed by atoms with Crippen molar-refractivity contribution >= 4 is 0 Å². The third-order valence-electron chi connectivity index (χ3n) is 3.85. The summed E-state index contributed by atoms with van der Waals surface area (Å²) in [6, 6.07) is 9.29. The molecule has 2 rings (SSSR count).